The normalized spacial score (nSPS) is 16.2. The van der Waals surface area contributed by atoms with Crippen LogP contribution >= 0.6 is 0 Å². The molecule has 0 atom stereocenters. The Morgan fingerprint density at radius 1 is 0.833 bits per heavy atom. The molecule has 120 valence electrons. The Kier molecular flexibility index (Phi) is 3.35. The second-order valence-electron chi connectivity index (χ2n) is 7.63. The van der Waals surface area contributed by atoms with Gasteiger partial charge in [-0.05, 0) is 58.4 Å². The third-order valence-electron chi connectivity index (χ3n) is 5.36. The summed E-state index contributed by atoms with van der Waals surface area (Å²) in [6.07, 6.45) is 1.59. The van der Waals surface area contributed by atoms with Gasteiger partial charge in [0.15, 0.2) is 5.78 Å². The number of hydrogen-bond donors (Lipinski definition) is 0. The Labute approximate surface area is 143 Å². The van der Waals surface area contributed by atoms with E-state index in [2.05, 4.69) is 75.4 Å². The van der Waals surface area contributed by atoms with Gasteiger partial charge in [0, 0.05) is 12.0 Å². The van der Waals surface area contributed by atoms with Gasteiger partial charge in [-0.25, -0.2) is 0 Å². The van der Waals surface area contributed by atoms with Crippen molar-refractivity contribution in [1.29, 1.82) is 0 Å². The van der Waals surface area contributed by atoms with E-state index in [1.54, 1.807) is 0 Å². The molecule has 3 aromatic rings. The summed E-state index contributed by atoms with van der Waals surface area (Å²) in [7, 11) is 0. The van der Waals surface area contributed by atoms with Crippen LogP contribution in [0.3, 0.4) is 0 Å². The third-order valence-corrected chi connectivity index (χ3v) is 5.36. The van der Waals surface area contributed by atoms with E-state index in [0.29, 0.717) is 6.42 Å². The quantitative estimate of drug-likeness (QED) is 0.533. The molecule has 0 aliphatic heterocycles. The smallest absolute Gasteiger partial charge is 0.163 e. The van der Waals surface area contributed by atoms with Crippen molar-refractivity contribution in [3.8, 4) is 11.1 Å². The number of rotatable bonds is 1. The average Bonchev–Trinajstić information content (AvgIpc) is 2.58. The van der Waals surface area contributed by atoms with Crippen LogP contribution in [0.2, 0.25) is 0 Å². The Morgan fingerprint density at radius 2 is 1.50 bits per heavy atom. The summed E-state index contributed by atoms with van der Waals surface area (Å²) < 4.78 is 0. The molecule has 3 aromatic carbocycles. The van der Waals surface area contributed by atoms with Crippen LogP contribution in [0.4, 0.5) is 0 Å². The van der Waals surface area contributed by atoms with Crippen molar-refractivity contribution in [2.24, 2.45) is 0 Å². The van der Waals surface area contributed by atoms with E-state index in [-0.39, 0.29) is 11.2 Å². The maximum absolute atomic E-state index is 12.4. The Balaban J connectivity index is 1.84. The predicted molar refractivity (Wildman–Crippen MR) is 101 cm³/mol. The van der Waals surface area contributed by atoms with Crippen LogP contribution in [-0.2, 0) is 5.41 Å². The van der Waals surface area contributed by atoms with Gasteiger partial charge in [-0.15, -0.1) is 0 Å². The van der Waals surface area contributed by atoms with Crippen molar-refractivity contribution >= 4 is 16.6 Å². The van der Waals surface area contributed by atoms with Gasteiger partial charge in [0.1, 0.15) is 0 Å². The summed E-state index contributed by atoms with van der Waals surface area (Å²) in [4.78, 5) is 12.4. The fraction of sp³-hybridized carbons (Fsp3) is 0.261. The predicted octanol–water partition coefficient (Wildman–Crippen LogP) is 6.07. The lowest BCUT2D eigenvalue weighted by molar-refractivity contribution is 0.0957. The Bertz CT molecular complexity index is 963. The van der Waals surface area contributed by atoms with Gasteiger partial charge >= 0.3 is 0 Å². The van der Waals surface area contributed by atoms with E-state index in [0.717, 1.165) is 17.5 Å². The van der Waals surface area contributed by atoms with Gasteiger partial charge in [0.2, 0.25) is 0 Å². The van der Waals surface area contributed by atoms with Crippen molar-refractivity contribution in [2.45, 2.75) is 39.0 Å². The van der Waals surface area contributed by atoms with Gasteiger partial charge in [-0.3, -0.25) is 4.79 Å². The third kappa shape index (κ3) is 2.45. The molecule has 0 heterocycles. The first kappa shape index (κ1) is 15.1. The number of ketones is 1. The number of fused-ring (bicyclic) bond motifs is 2. The topological polar surface area (TPSA) is 17.1 Å². The van der Waals surface area contributed by atoms with Gasteiger partial charge in [0.05, 0.1) is 0 Å². The molecule has 1 aliphatic rings. The molecule has 0 amide bonds. The summed E-state index contributed by atoms with van der Waals surface area (Å²) in [5, 5.41) is 2.50. The summed E-state index contributed by atoms with van der Waals surface area (Å²) >= 11 is 0. The summed E-state index contributed by atoms with van der Waals surface area (Å²) in [6.45, 7) is 6.58. The number of carbonyl (C=O) groups is 1. The van der Waals surface area contributed by atoms with E-state index in [1.807, 2.05) is 0 Å². The number of carbonyl (C=O) groups excluding carboxylic acids is 1. The molecule has 24 heavy (non-hydrogen) atoms. The zero-order valence-electron chi connectivity index (χ0n) is 14.5. The molecule has 0 N–H and O–H groups in total. The highest BCUT2D eigenvalue weighted by Crippen LogP contribution is 2.38. The van der Waals surface area contributed by atoms with Gasteiger partial charge in [-0.2, -0.15) is 0 Å². The summed E-state index contributed by atoms with van der Waals surface area (Å²) in [5.41, 5.74) is 5.76. The minimum atomic E-state index is 0.0860. The number of benzene rings is 3. The minimum Gasteiger partial charge on any atom is -0.294 e. The zero-order valence-corrected chi connectivity index (χ0v) is 14.5. The second kappa shape index (κ2) is 5.31. The molecule has 1 heteroatoms. The highest BCUT2D eigenvalue weighted by Gasteiger charge is 2.31. The van der Waals surface area contributed by atoms with Gasteiger partial charge in [0.25, 0.3) is 0 Å². The van der Waals surface area contributed by atoms with Gasteiger partial charge < -0.3 is 0 Å². The molecule has 0 saturated carbocycles. The lowest BCUT2D eigenvalue weighted by Crippen LogP contribution is -2.27. The molecule has 0 saturated heterocycles. The first-order chi connectivity index (χ1) is 11.4. The molecular formula is C23H22O. The van der Waals surface area contributed by atoms with Crippen molar-refractivity contribution in [2.75, 3.05) is 0 Å². The van der Waals surface area contributed by atoms with Crippen LogP contribution in [0, 0.1) is 6.92 Å². The molecule has 0 radical (unpaired) electrons. The number of aryl methyl sites for hydroxylation is 1. The Hall–Kier alpha value is -2.41. The highest BCUT2D eigenvalue weighted by atomic mass is 16.1. The van der Waals surface area contributed by atoms with Gasteiger partial charge in [-0.1, -0.05) is 61.9 Å². The van der Waals surface area contributed by atoms with Crippen molar-refractivity contribution in [1.82, 2.24) is 0 Å². The zero-order chi connectivity index (χ0) is 16.9. The van der Waals surface area contributed by atoms with Crippen LogP contribution in [0.5, 0.6) is 0 Å². The highest BCUT2D eigenvalue weighted by molar-refractivity contribution is 6.00. The molecular weight excluding hydrogens is 292 g/mol. The van der Waals surface area contributed by atoms with Crippen LogP contribution in [0.25, 0.3) is 21.9 Å². The molecule has 0 spiro atoms. The van der Waals surface area contributed by atoms with Crippen LogP contribution < -0.4 is 0 Å². The number of hydrogen-bond acceptors (Lipinski definition) is 1. The molecule has 0 bridgehead atoms. The summed E-state index contributed by atoms with van der Waals surface area (Å²) in [6, 6.07) is 19.5. The van der Waals surface area contributed by atoms with Crippen molar-refractivity contribution < 1.29 is 4.79 Å². The monoisotopic (exact) mass is 314 g/mol. The lowest BCUT2D eigenvalue weighted by atomic mass is 9.72. The van der Waals surface area contributed by atoms with Crippen LogP contribution in [-0.4, -0.2) is 5.78 Å². The molecule has 4 rings (SSSR count). The van der Waals surface area contributed by atoms with E-state index in [1.165, 1.54) is 27.5 Å². The maximum Gasteiger partial charge on any atom is 0.163 e. The lowest BCUT2D eigenvalue weighted by Gasteiger charge is -2.32. The van der Waals surface area contributed by atoms with Crippen molar-refractivity contribution in [3.63, 3.8) is 0 Å². The largest absolute Gasteiger partial charge is 0.294 e. The first-order valence-corrected chi connectivity index (χ1v) is 8.63. The molecule has 0 fully saturated rings. The number of Topliss-reactive ketones (excluding diaryl/α,β-unsaturated/α-hetero) is 1. The average molecular weight is 314 g/mol. The van der Waals surface area contributed by atoms with E-state index in [4.69, 9.17) is 0 Å². The fourth-order valence-corrected chi connectivity index (χ4v) is 3.78. The van der Waals surface area contributed by atoms with E-state index in [9.17, 15) is 4.79 Å². The standard InChI is InChI=1S/C23H22O/c1-15-4-5-17-13-18(7-6-16(17)12-15)19-8-9-21-20(14-19)22(24)10-11-23(21,2)3/h4-9,12-14H,10-11H2,1-3H3. The maximum atomic E-state index is 12.4. The van der Waals surface area contributed by atoms with E-state index < -0.39 is 0 Å². The minimum absolute atomic E-state index is 0.0860. The van der Waals surface area contributed by atoms with Crippen LogP contribution in [0.1, 0.15) is 48.2 Å². The summed E-state index contributed by atoms with van der Waals surface area (Å²) in [5.74, 6) is 0.280. The Morgan fingerprint density at radius 3 is 2.33 bits per heavy atom. The SMILES string of the molecule is Cc1ccc2cc(-c3ccc4c(c3)C(=O)CCC4(C)C)ccc2c1. The first-order valence-electron chi connectivity index (χ1n) is 8.63. The molecule has 1 nitrogen and oxygen atoms in total. The van der Waals surface area contributed by atoms with Crippen LogP contribution in [0.15, 0.2) is 54.6 Å². The second-order valence-corrected chi connectivity index (χ2v) is 7.63. The van der Waals surface area contributed by atoms with Crippen molar-refractivity contribution in [3.05, 3.63) is 71.3 Å². The molecule has 0 aromatic heterocycles. The molecule has 0 unspecified atom stereocenters. The molecule has 1 aliphatic carbocycles. The van der Waals surface area contributed by atoms with E-state index >= 15 is 0 Å². The fourth-order valence-electron chi connectivity index (χ4n) is 3.78.